The number of amides is 1. The van der Waals surface area contributed by atoms with Crippen LogP contribution in [0.4, 0.5) is 0 Å². The molecule has 0 aromatic carbocycles. The molecule has 0 spiro atoms. The van der Waals surface area contributed by atoms with Crippen LogP contribution in [0, 0.1) is 0 Å². The summed E-state index contributed by atoms with van der Waals surface area (Å²) < 4.78 is 5.21. The van der Waals surface area contributed by atoms with Gasteiger partial charge >= 0.3 is 5.97 Å². The molecular formula is C20H25N3O3. The van der Waals surface area contributed by atoms with Crippen molar-refractivity contribution >= 4 is 11.9 Å². The Bertz CT molecular complexity index is 733. The van der Waals surface area contributed by atoms with Crippen LogP contribution >= 0.6 is 0 Å². The van der Waals surface area contributed by atoms with E-state index >= 15 is 0 Å². The molecule has 138 valence electrons. The van der Waals surface area contributed by atoms with E-state index in [-0.39, 0.29) is 18.5 Å². The molecule has 0 saturated carbocycles. The van der Waals surface area contributed by atoms with E-state index in [0.717, 1.165) is 5.57 Å². The van der Waals surface area contributed by atoms with Crippen molar-refractivity contribution in [3.05, 3.63) is 73.3 Å². The largest absolute Gasteiger partial charge is 0.465 e. The molecule has 0 aromatic heterocycles. The maximum atomic E-state index is 13.2. The van der Waals surface area contributed by atoms with Gasteiger partial charge in [-0.1, -0.05) is 32.4 Å². The number of esters is 1. The normalized spacial score (nSPS) is 20.8. The van der Waals surface area contributed by atoms with E-state index in [4.69, 9.17) is 4.74 Å². The van der Waals surface area contributed by atoms with E-state index in [9.17, 15) is 9.59 Å². The summed E-state index contributed by atoms with van der Waals surface area (Å²) in [5.41, 5.74) is 2.31. The Morgan fingerprint density at radius 3 is 2.54 bits per heavy atom. The maximum Gasteiger partial charge on any atom is 0.329 e. The molecule has 0 radical (unpaired) electrons. The standard InChI is InChI=1S/C20H25N3O3/c1-7-11-15(9-3)22-13-12-16-17(19(22)24)23(14(5)8-2)21(6)18(16)20(25)26-10-4/h7-9,11,18H,1-3,5,10,12-13H2,4,6H3/b15-11+. The second-order valence-electron chi connectivity index (χ2n) is 5.85. The smallest absolute Gasteiger partial charge is 0.329 e. The van der Waals surface area contributed by atoms with Gasteiger partial charge < -0.3 is 9.64 Å². The minimum absolute atomic E-state index is 0.221. The number of nitrogens with zero attached hydrogens (tertiary/aromatic N) is 3. The van der Waals surface area contributed by atoms with Crippen LogP contribution in [0.5, 0.6) is 0 Å². The summed E-state index contributed by atoms with van der Waals surface area (Å²) in [5.74, 6) is -0.602. The van der Waals surface area contributed by atoms with E-state index in [1.54, 1.807) is 53.2 Å². The van der Waals surface area contributed by atoms with Gasteiger partial charge in [-0.15, -0.1) is 0 Å². The number of carbonyl (C=O) groups excluding carboxylic acids is 2. The first kappa shape index (κ1) is 19.5. The van der Waals surface area contributed by atoms with E-state index < -0.39 is 6.04 Å². The third-order valence-corrected chi connectivity index (χ3v) is 4.41. The second-order valence-corrected chi connectivity index (χ2v) is 5.85. The molecule has 6 heteroatoms. The van der Waals surface area contributed by atoms with Crippen molar-refractivity contribution < 1.29 is 14.3 Å². The monoisotopic (exact) mass is 355 g/mol. The number of allylic oxidation sites excluding steroid dienone is 4. The predicted molar refractivity (Wildman–Crippen MR) is 101 cm³/mol. The Morgan fingerprint density at radius 2 is 2.00 bits per heavy atom. The summed E-state index contributed by atoms with van der Waals surface area (Å²) in [6, 6.07) is -0.650. The highest BCUT2D eigenvalue weighted by molar-refractivity contribution is 5.99. The summed E-state index contributed by atoms with van der Waals surface area (Å²) in [7, 11) is 1.74. The molecule has 0 aliphatic carbocycles. The lowest BCUT2D eigenvalue weighted by molar-refractivity contribution is -0.150. The fourth-order valence-electron chi connectivity index (χ4n) is 3.29. The first-order chi connectivity index (χ1) is 12.4. The van der Waals surface area contributed by atoms with Crippen LogP contribution in [0.1, 0.15) is 13.3 Å². The minimum Gasteiger partial charge on any atom is -0.465 e. The summed E-state index contributed by atoms with van der Waals surface area (Å²) in [5, 5.41) is 3.31. The van der Waals surface area contributed by atoms with Crippen LogP contribution in [-0.2, 0) is 14.3 Å². The molecule has 2 rings (SSSR count). The third-order valence-electron chi connectivity index (χ3n) is 4.41. The number of rotatable bonds is 7. The van der Waals surface area contributed by atoms with Crippen molar-refractivity contribution in [1.29, 1.82) is 0 Å². The van der Waals surface area contributed by atoms with Crippen molar-refractivity contribution in [2.24, 2.45) is 0 Å². The van der Waals surface area contributed by atoms with Gasteiger partial charge in [0.2, 0.25) is 0 Å². The molecule has 1 amide bonds. The van der Waals surface area contributed by atoms with Crippen molar-refractivity contribution in [2.75, 3.05) is 20.2 Å². The molecular weight excluding hydrogens is 330 g/mol. The highest BCUT2D eigenvalue weighted by Crippen LogP contribution is 2.38. The van der Waals surface area contributed by atoms with E-state index in [0.29, 0.717) is 30.1 Å². The molecule has 0 N–H and O–H groups in total. The van der Waals surface area contributed by atoms with Crippen LogP contribution in [0.15, 0.2) is 73.3 Å². The van der Waals surface area contributed by atoms with Crippen LogP contribution in [0.3, 0.4) is 0 Å². The molecule has 1 unspecified atom stereocenters. The number of hydrogen-bond acceptors (Lipinski definition) is 5. The van der Waals surface area contributed by atoms with Crippen molar-refractivity contribution in [3.8, 4) is 0 Å². The molecule has 26 heavy (non-hydrogen) atoms. The average Bonchev–Trinajstić information content (AvgIpc) is 2.93. The molecule has 0 aromatic rings. The fraction of sp³-hybridized carbons (Fsp3) is 0.300. The van der Waals surface area contributed by atoms with Crippen molar-refractivity contribution in [3.63, 3.8) is 0 Å². The molecule has 0 fully saturated rings. The van der Waals surface area contributed by atoms with E-state index in [1.165, 1.54) is 0 Å². The van der Waals surface area contributed by atoms with Gasteiger partial charge in [0.05, 0.1) is 12.3 Å². The van der Waals surface area contributed by atoms with Gasteiger partial charge in [0.25, 0.3) is 5.91 Å². The van der Waals surface area contributed by atoms with Crippen molar-refractivity contribution in [1.82, 2.24) is 14.9 Å². The Balaban J connectivity index is 2.54. The molecule has 0 saturated heterocycles. The zero-order chi connectivity index (χ0) is 19.4. The number of ether oxygens (including phenoxy) is 1. The van der Waals surface area contributed by atoms with Gasteiger partial charge in [0, 0.05) is 19.3 Å². The Morgan fingerprint density at radius 1 is 1.31 bits per heavy atom. The van der Waals surface area contributed by atoms with Crippen LogP contribution in [0.2, 0.25) is 0 Å². The first-order valence-electron chi connectivity index (χ1n) is 8.43. The number of likely N-dealkylation sites (N-methyl/N-ethyl adjacent to an activating group) is 1. The summed E-state index contributed by atoms with van der Waals surface area (Å²) in [6.45, 7) is 17.6. The third kappa shape index (κ3) is 3.15. The fourth-order valence-corrected chi connectivity index (χ4v) is 3.29. The lowest BCUT2D eigenvalue weighted by Gasteiger charge is -2.33. The summed E-state index contributed by atoms with van der Waals surface area (Å²) in [6.07, 6.45) is 7.04. The van der Waals surface area contributed by atoms with Gasteiger partial charge in [-0.25, -0.2) is 9.80 Å². The summed E-state index contributed by atoms with van der Waals surface area (Å²) in [4.78, 5) is 27.4. The van der Waals surface area contributed by atoms with Gasteiger partial charge in [0.15, 0.2) is 6.04 Å². The first-order valence-corrected chi connectivity index (χ1v) is 8.43. The zero-order valence-corrected chi connectivity index (χ0v) is 15.4. The number of hydrogen-bond donors (Lipinski definition) is 0. The topological polar surface area (TPSA) is 53.1 Å². The number of carbonyl (C=O) groups is 2. The Hall–Kier alpha value is -2.86. The molecule has 1 atom stereocenters. The minimum atomic E-state index is -0.650. The predicted octanol–water partition coefficient (Wildman–Crippen LogP) is 2.52. The quantitative estimate of drug-likeness (QED) is 0.519. The van der Waals surface area contributed by atoms with Gasteiger partial charge in [-0.05, 0) is 37.1 Å². The van der Waals surface area contributed by atoms with E-state index in [1.807, 2.05) is 0 Å². The van der Waals surface area contributed by atoms with Crippen LogP contribution in [0.25, 0.3) is 0 Å². The molecule has 2 heterocycles. The maximum absolute atomic E-state index is 13.2. The van der Waals surface area contributed by atoms with E-state index in [2.05, 4.69) is 26.3 Å². The SMILES string of the molecule is C=C/C=C(\C=C)N1CCC2=C(C1=O)N(C(=C)C=C)N(C)C2C(=O)OCC. The zero-order valence-electron chi connectivity index (χ0n) is 15.4. The molecule has 2 aliphatic rings. The second kappa shape index (κ2) is 8.01. The Labute approximate surface area is 154 Å². The van der Waals surface area contributed by atoms with Gasteiger partial charge in [-0.2, -0.15) is 0 Å². The molecule has 6 nitrogen and oxygen atoms in total. The van der Waals surface area contributed by atoms with Crippen LogP contribution < -0.4 is 0 Å². The molecule has 0 bridgehead atoms. The van der Waals surface area contributed by atoms with Crippen molar-refractivity contribution in [2.45, 2.75) is 19.4 Å². The van der Waals surface area contributed by atoms with Gasteiger partial charge in [0.1, 0.15) is 5.70 Å². The number of hydrazine groups is 1. The highest BCUT2D eigenvalue weighted by Gasteiger charge is 2.48. The lowest BCUT2D eigenvalue weighted by atomic mass is 9.98. The average molecular weight is 355 g/mol. The summed E-state index contributed by atoms with van der Waals surface area (Å²) >= 11 is 0. The van der Waals surface area contributed by atoms with Crippen LogP contribution in [-0.4, -0.2) is 53.0 Å². The lowest BCUT2D eigenvalue weighted by Crippen LogP contribution is -2.44. The van der Waals surface area contributed by atoms with Gasteiger partial charge in [-0.3, -0.25) is 9.80 Å². The highest BCUT2D eigenvalue weighted by atomic mass is 16.5. The molecule has 2 aliphatic heterocycles. The Kier molecular flexibility index (Phi) is 6.00.